The molecule has 0 unspecified atom stereocenters. The average molecular weight is 406 g/mol. The predicted octanol–water partition coefficient (Wildman–Crippen LogP) is 6.60. The van der Waals surface area contributed by atoms with Crippen LogP contribution in [0.15, 0.2) is 53.4 Å². The van der Waals surface area contributed by atoms with Gasteiger partial charge < -0.3 is 4.90 Å². The zero-order valence-corrected chi connectivity index (χ0v) is 16.4. The highest BCUT2D eigenvalue weighted by molar-refractivity contribution is 7.98. The summed E-state index contributed by atoms with van der Waals surface area (Å²) in [6.45, 7) is 0. The lowest BCUT2D eigenvalue weighted by Crippen LogP contribution is -2.25. The van der Waals surface area contributed by atoms with Crippen molar-refractivity contribution in [2.24, 2.45) is 0 Å². The van der Waals surface area contributed by atoms with Crippen LogP contribution in [0.25, 0.3) is 10.4 Å². The van der Waals surface area contributed by atoms with Crippen molar-refractivity contribution < 1.29 is 4.79 Å². The molecule has 0 spiro atoms. The molecule has 1 aliphatic heterocycles. The lowest BCUT2D eigenvalue weighted by molar-refractivity contribution is 0.0997. The molecule has 3 aromatic rings. The van der Waals surface area contributed by atoms with Gasteiger partial charge in [0, 0.05) is 43.9 Å². The van der Waals surface area contributed by atoms with Gasteiger partial charge in [-0.1, -0.05) is 35.3 Å². The van der Waals surface area contributed by atoms with Crippen LogP contribution in [-0.4, -0.2) is 13.0 Å². The molecular formula is C19H13Cl2NOS2. The molecule has 1 aliphatic rings. The van der Waals surface area contributed by atoms with E-state index in [0.29, 0.717) is 5.02 Å². The average Bonchev–Trinajstić information content (AvgIpc) is 3.04. The Kier molecular flexibility index (Phi) is 4.54. The van der Waals surface area contributed by atoms with Gasteiger partial charge in [0.15, 0.2) is 0 Å². The lowest BCUT2D eigenvalue weighted by Gasteiger charge is -2.16. The number of nitrogens with zero attached hydrogens (tertiary/aromatic N) is 1. The quantitative estimate of drug-likeness (QED) is 0.478. The van der Waals surface area contributed by atoms with Crippen LogP contribution in [0, 0.1) is 0 Å². The second kappa shape index (κ2) is 6.69. The number of thiophene rings is 1. The first-order valence-electron chi connectivity index (χ1n) is 7.62. The molecule has 4 rings (SSSR count). The van der Waals surface area contributed by atoms with Gasteiger partial charge in [-0.05, 0) is 42.0 Å². The Hall–Kier alpha value is -1.46. The Balaban J connectivity index is 1.69. The van der Waals surface area contributed by atoms with E-state index in [2.05, 4.69) is 0 Å². The molecule has 0 radical (unpaired) electrons. The highest BCUT2D eigenvalue weighted by Gasteiger charge is 2.24. The van der Waals surface area contributed by atoms with Crippen LogP contribution in [0.3, 0.4) is 0 Å². The molecule has 2 aromatic carbocycles. The maximum absolute atomic E-state index is 12.9. The third kappa shape index (κ3) is 3.20. The van der Waals surface area contributed by atoms with Crippen molar-refractivity contribution in [1.82, 2.24) is 0 Å². The molecule has 0 aliphatic carbocycles. The molecule has 0 saturated carbocycles. The zero-order valence-electron chi connectivity index (χ0n) is 13.3. The summed E-state index contributed by atoms with van der Waals surface area (Å²) in [7, 11) is 1.77. The number of fused-ring (bicyclic) bond motifs is 3. The van der Waals surface area contributed by atoms with Gasteiger partial charge in [0.1, 0.15) is 0 Å². The predicted molar refractivity (Wildman–Crippen MR) is 109 cm³/mol. The third-order valence-corrected chi connectivity index (χ3v) is 6.86. The van der Waals surface area contributed by atoms with Crippen molar-refractivity contribution in [3.05, 3.63) is 69.0 Å². The Morgan fingerprint density at radius 3 is 2.68 bits per heavy atom. The van der Waals surface area contributed by atoms with E-state index in [9.17, 15) is 4.79 Å². The summed E-state index contributed by atoms with van der Waals surface area (Å²) in [5.74, 6) is 0.829. The monoisotopic (exact) mass is 405 g/mol. The van der Waals surface area contributed by atoms with Crippen LogP contribution in [0.5, 0.6) is 0 Å². The highest BCUT2D eigenvalue weighted by atomic mass is 35.5. The molecule has 0 bridgehead atoms. The molecule has 25 heavy (non-hydrogen) atoms. The highest BCUT2D eigenvalue weighted by Crippen LogP contribution is 2.46. The van der Waals surface area contributed by atoms with Crippen molar-refractivity contribution in [3.63, 3.8) is 0 Å². The third-order valence-electron chi connectivity index (χ3n) is 4.09. The molecule has 0 N–H and O–H groups in total. The first kappa shape index (κ1) is 17.0. The van der Waals surface area contributed by atoms with E-state index in [-0.39, 0.29) is 5.91 Å². The minimum atomic E-state index is -0.0258. The number of carbonyl (C=O) groups is 1. The van der Waals surface area contributed by atoms with E-state index in [0.717, 1.165) is 31.8 Å². The molecule has 6 heteroatoms. The number of hydrogen-bond donors (Lipinski definition) is 0. The Morgan fingerprint density at radius 1 is 1.08 bits per heavy atom. The van der Waals surface area contributed by atoms with Crippen LogP contribution >= 0.6 is 46.3 Å². The zero-order chi connectivity index (χ0) is 17.6. The summed E-state index contributed by atoms with van der Waals surface area (Å²) in [6, 6.07) is 15.2. The summed E-state index contributed by atoms with van der Waals surface area (Å²) in [6.07, 6.45) is 0. The number of anilines is 1. The molecule has 0 atom stereocenters. The Bertz CT molecular complexity index is 983. The van der Waals surface area contributed by atoms with Gasteiger partial charge in [-0.25, -0.2) is 0 Å². The first-order valence-corrected chi connectivity index (χ1v) is 10.2. The summed E-state index contributed by atoms with van der Waals surface area (Å²) in [5.41, 5.74) is 3.14. The van der Waals surface area contributed by atoms with Crippen molar-refractivity contribution in [2.45, 2.75) is 10.6 Å². The lowest BCUT2D eigenvalue weighted by atomic mass is 10.1. The van der Waals surface area contributed by atoms with Gasteiger partial charge in [0.2, 0.25) is 0 Å². The molecular weight excluding hydrogens is 393 g/mol. The minimum absolute atomic E-state index is 0.0258. The largest absolute Gasteiger partial charge is 0.311 e. The molecule has 2 nitrogen and oxygen atoms in total. The van der Waals surface area contributed by atoms with Gasteiger partial charge in [-0.15, -0.1) is 23.1 Å². The van der Waals surface area contributed by atoms with Crippen LogP contribution in [-0.2, 0) is 5.75 Å². The van der Waals surface area contributed by atoms with Gasteiger partial charge in [-0.2, -0.15) is 0 Å². The number of hydrogen-bond acceptors (Lipinski definition) is 3. The van der Waals surface area contributed by atoms with Crippen LogP contribution in [0.2, 0.25) is 10.0 Å². The SMILES string of the molecule is CN(C(=O)c1cc2c(s1)-c1ccc(Cl)cc1SC2)c1cccc(Cl)c1. The van der Waals surface area contributed by atoms with Crippen molar-refractivity contribution in [1.29, 1.82) is 0 Å². The number of benzene rings is 2. The molecule has 0 saturated heterocycles. The minimum Gasteiger partial charge on any atom is -0.311 e. The number of amides is 1. The Morgan fingerprint density at radius 2 is 1.88 bits per heavy atom. The summed E-state index contributed by atoms with van der Waals surface area (Å²) >= 11 is 15.4. The molecule has 2 heterocycles. The van der Waals surface area contributed by atoms with E-state index in [1.165, 1.54) is 21.8 Å². The number of halogens is 2. The first-order chi connectivity index (χ1) is 12.0. The van der Waals surface area contributed by atoms with Gasteiger partial charge in [0.25, 0.3) is 5.91 Å². The van der Waals surface area contributed by atoms with Crippen LogP contribution < -0.4 is 4.90 Å². The molecule has 1 amide bonds. The topological polar surface area (TPSA) is 20.3 Å². The number of carbonyl (C=O) groups excluding carboxylic acids is 1. The van der Waals surface area contributed by atoms with E-state index in [1.807, 2.05) is 36.4 Å². The second-order valence-electron chi connectivity index (χ2n) is 5.74. The fourth-order valence-electron chi connectivity index (χ4n) is 2.80. The Labute approximate surface area is 164 Å². The van der Waals surface area contributed by atoms with Crippen molar-refractivity contribution >= 4 is 57.9 Å². The maximum atomic E-state index is 12.9. The smallest absolute Gasteiger partial charge is 0.268 e. The number of rotatable bonds is 2. The molecule has 0 fully saturated rings. The van der Waals surface area contributed by atoms with Crippen molar-refractivity contribution in [2.75, 3.05) is 11.9 Å². The second-order valence-corrected chi connectivity index (χ2v) is 8.68. The van der Waals surface area contributed by atoms with Gasteiger partial charge in [0.05, 0.1) is 4.88 Å². The number of thioether (sulfide) groups is 1. The van der Waals surface area contributed by atoms with Gasteiger partial charge >= 0.3 is 0 Å². The van der Waals surface area contributed by atoms with Crippen LogP contribution in [0.1, 0.15) is 15.2 Å². The van der Waals surface area contributed by atoms with E-state index in [1.54, 1.807) is 35.8 Å². The van der Waals surface area contributed by atoms with Crippen LogP contribution in [0.4, 0.5) is 5.69 Å². The molecule has 1 aromatic heterocycles. The fraction of sp³-hybridized carbons (Fsp3) is 0.105. The van der Waals surface area contributed by atoms with Crippen molar-refractivity contribution in [3.8, 4) is 10.4 Å². The summed E-state index contributed by atoms with van der Waals surface area (Å²) in [4.78, 5) is 17.6. The van der Waals surface area contributed by atoms with E-state index < -0.39 is 0 Å². The normalized spacial score (nSPS) is 12.4. The van der Waals surface area contributed by atoms with Gasteiger partial charge in [-0.3, -0.25) is 4.79 Å². The standard InChI is InChI=1S/C19H13Cl2NOS2/c1-22(14-4-2-3-12(20)8-14)19(23)17-7-11-10-24-16-9-13(21)5-6-15(16)18(11)25-17/h2-9H,10H2,1H3. The molecule has 126 valence electrons. The fourth-order valence-corrected chi connectivity index (χ4v) is 5.64. The summed E-state index contributed by atoms with van der Waals surface area (Å²) in [5, 5.41) is 1.35. The summed E-state index contributed by atoms with van der Waals surface area (Å²) < 4.78 is 0. The maximum Gasteiger partial charge on any atom is 0.268 e. The van der Waals surface area contributed by atoms with E-state index >= 15 is 0 Å². The van der Waals surface area contributed by atoms with E-state index in [4.69, 9.17) is 23.2 Å².